The molecule has 2 heterocycles. The molecular weight excluding hydrogens is 168 g/mol. The fourth-order valence-electron chi connectivity index (χ4n) is 1.18. The van der Waals surface area contributed by atoms with Gasteiger partial charge >= 0.3 is 0 Å². The van der Waals surface area contributed by atoms with Crippen LogP contribution < -0.4 is 11.1 Å². The number of imidazole rings is 1. The molecule has 3 N–H and O–H groups in total. The highest BCUT2D eigenvalue weighted by atomic mass is 15.2. The Hall–Kier alpha value is -1.69. The summed E-state index contributed by atoms with van der Waals surface area (Å²) in [5, 5.41) is 3.00. The molecule has 6 heteroatoms. The molecule has 13 heavy (non-hydrogen) atoms. The van der Waals surface area contributed by atoms with Gasteiger partial charge in [-0.25, -0.2) is 15.0 Å². The first kappa shape index (κ1) is 7.93. The van der Waals surface area contributed by atoms with Crippen molar-refractivity contribution in [1.29, 1.82) is 0 Å². The van der Waals surface area contributed by atoms with E-state index in [0.717, 1.165) is 5.65 Å². The van der Waals surface area contributed by atoms with Crippen LogP contribution in [0.25, 0.3) is 11.2 Å². The van der Waals surface area contributed by atoms with Gasteiger partial charge in [-0.3, -0.25) is 0 Å². The number of nitrogens with two attached hydrogens (primary N) is 1. The summed E-state index contributed by atoms with van der Waals surface area (Å²) in [6.07, 6.45) is 3.12. The van der Waals surface area contributed by atoms with E-state index in [-0.39, 0.29) is 0 Å². The largest absolute Gasteiger partial charge is 0.382 e. The van der Waals surface area contributed by atoms with E-state index in [1.165, 1.54) is 6.33 Å². The van der Waals surface area contributed by atoms with E-state index in [0.29, 0.717) is 18.0 Å². The van der Waals surface area contributed by atoms with Crippen LogP contribution in [0.5, 0.6) is 0 Å². The molecular formula is C7H10N6. The molecule has 0 atom stereocenters. The predicted octanol–water partition coefficient (Wildman–Crippen LogP) is -0.415. The molecule has 0 spiro atoms. The summed E-state index contributed by atoms with van der Waals surface area (Å²) >= 11 is 0. The molecule has 0 aliphatic heterocycles. The van der Waals surface area contributed by atoms with Gasteiger partial charge < -0.3 is 15.6 Å². The summed E-state index contributed by atoms with van der Waals surface area (Å²) in [5.41, 5.74) is 7.02. The molecule has 0 bridgehead atoms. The SMILES string of the molecule is CNCn1cnc2c(N)ncnc21. The minimum atomic E-state index is 0.417. The van der Waals surface area contributed by atoms with Crippen molar-refractivity contribution in [2.45, 2.75) is 6.67 Å². The summed E-state index contributed by atoms with van der Waals surface area (Å²) in [5.74, 6) is 0.417. The Labute approximate surface area is 74.8 Å². The van der Waals surface area contributed by atoms with Crippen LogP contribution in [0.2, 0.25) is 0 Å². The molecule has 0 saturated carbocycles. The summed E-state index contributed by atoms with van der Waals surface area (Å²) in [6, 6.07) is 0. The van der Waals surface area contributed by atoms with Crippen molar-refractivity contribution in [1.82, 2.24) is 24.8 Å². The first-order valence-corrected chi connectivity index (χ1v) is 3.89. The van der Waals surface area contributed by atoms with Gasteiger partial charge in [0.05, 0.1) is 13.0 Å². The van der Waals surface area contributed by atoms with Crippen molar-refractivity contribution in [2.75, 3.05) is 12.8 Å². The Morgan fingerprint density at radius 3 is 3.08 bits per heavy atom. The lowest BCUT2D eigenvalue weighted by Gasteiger charge is -2.00. The zero-order chi connectivity index (χ0) is 9.26. The van der Waals surface area contributed by atoms with Crippen molar-refractivity contribution in [3.05, 3.63) is 12.7 Å². The second-order valence-electron chi connectivity index (χ2n) is 2.66. The average molecular weight is 178 g/mol. The molecule has 0 unspecified atom stereocenters. The Bertz CT molecular complexity index is 420. The monoisotopic (exact) mass is 178 g/mol. The number of nitrogen functional groups attached to an aromatic ring is 1. The molecule has 0 aliphatic carbocycles. The topological polar surface area (TPSA) is 81.7 Å². The van der Waals surface area contributed by atoms with E-state index in [9.17, 15) is 0 Å². The molecule has 0 aromatic carbocycles. The van der Waals surface area contributed by atoms with Crippen LogP contribution in [0.3, 0.4) is 0 Å². The number of hydrogen-bond donors (Lipinski definition) is 2. The number of aromatic nitrogens is 4. The lowest BCUT2D eigenvalue weighted by atomic mass is 10.5. The van der Waals surface area contributed by atoms with E-state index < -0.39 is 0 Å². The van der Waals surface area contributed by atoms with Gasteiger partial charge in [0.15, 0.2) is 11.5 Å². The smallest absolute Gasteiger partial charge is 0.166 e. The van der Waals surface area contributed by atoms with E-state index in [2.05, 4.69) is 20.3 Å². The average Bonchev–Trinajstić information content (AvgIpc) is 2.51. The third-order valence-electron chi connectivity index (χ3n) is 1.76. The van der Waals surface area contributed by atoms with E-state index in [4.69, 9.17) is 5.73 Å². The minimum absolute atomic E-state index is 0.417. The zero-order valence-electron chi connectivity index (χ0n) is 7.23. The quantitative estimate of drug-likeness (QED) is 0.653. The molecule has 68 valence electrons. The maximum Gasteiger partial charge on any atom is 0.166 e. The molecule has 6 nitrogen and oxygen atoms in total. The lowest BCUT2D eigenvalue weighted by molar-refractivity contribution is 0.628. The van der Waals surface area contributed by atoms with Crippen LogP contribution in [-0.2, 0) is 6.67 Å². The molecule has 0 aliphatic rings. The van der Waals surface area contributed by atoms with Crippen LogP contribution in [0.15, 0.2) is 12.7 Å². The second kappa shape index (κ2) is 2.98. The van der Waals surface area contributed by atoms with Gasteiger partial charge in [0.25, 0.3) is 0 Å². The van der Waals surface area contributed by atoms with Crippen molar-refractivity contribution < 1.29 is 0 Å². The maximum absolute atomic E-state index is 5.62. The molecule has 2 rings (SSSR count). The molecule has 0 saturated heterocycles. The summed E-state index contributed by atoms with van der Waals surface area (Å²) in [7, 11) is 1.86. The maximum atomic E-state index is 5.62. The Kier molecular flexibility index (Phi) is 1.82. The minimum Gasteiger partial charge on any atom is -0.382 e. The summed E-state index contributed by atoms with van der Waals surface area (Å²) < 4.78 is 1.87. The zero-order valence-corrected chi connectivity index (χ0v) is 7.23. The van der Waals surface area contributed by atoms with Gasteiger partial charge in [-0.1, -0.05) is 0 Å². The number of nitrogens with zero attached hydrogens (tertiary/aromatic N) is 4. The number of rotatable bonds is 2. The summed E-state index contributed by atoms with van der Waals surface area (Å²) in [6.45, 7) is 0.660. The standard InChI is InChI=1S/C7H10N6/c1-9-3-13-4-12-5-6(8)10-2-11-7(5)13/h2,4,9H,3H2,1H3,(H2,8,10,11). The molecule has 2 aromatic rings. The van der Waals surface area contributed by atoms with E-state index >= 15 is 0 Å². The Morgan fingerprint density at radius 1 is 1.46 bits per heavy atom. The number of hydrogen-bond acceptors (Lipinski definition) is 5. The predicted molar refractivity (Wildman–Crippen MR) is 48.8 cm³/mol. The lowest BCUT2D eigenvalue weighted by Crippen LogP contribution is -2.12. The number of nitrogens with one attached hydrogen (secondary N) is 1. The third-order valence-corrected chi connectivity index (χ3v) is 1.76. The fourth-order valence-corrected chi connectivity index (χ4v) is 1.18. The van der Waals surface area contributed by atoms with Gasteiger partial charge in [-0.05, 0) is 7.05 Å². The van der Waals surface area contributed by atoms with Crippen molar-refractivity contribution in [2.24, 2.45) is 0 Å². The number of anilines is 1. The molecule has 0 amide bonds. The second-order valence-corrected chi connectivity index (χ2v) is 2.66. The van der Waals surface area contributed by atoms with Crippen molar-refractivity contribution in [3.8, 4) is 0 Å². The number of fused-ring (bicyclic) bond motifs is 1. The van der Waals surface area contributed by atoms with Gasteiger partial charge in [0.2, 0.25) is 0 Å². The van der Waals surface area contributed by atoms with Crippen LogP contribution in [0, 0.1) is 0 Å². The molecule has 0 fully saturated rings. The summed E-state index contributed by atoms with van der Waals surface area (Å²) in [4.78, 5) is 12.1. The van der Waals surface area contributed by atoms with Gasteiger partial charge in [0, 0.05) is 0 Å². The first-order chi connectivity index (χ1) is 6.33. The third kappa shape index (κ3) is 1.20. The van der Waals surface area contributed by atoms with Gasteiger partial charge in [-0.15, -0.1) is 0 Å². The van der Waals surface area contributed by atoms with Gasteiger partial charge in [0.1, 0.15) is 11.8 Å². The van der Waals surface area contributed by atoms with Crippen LogP contribution >= 0.6 is 0 Å². The van der Waals surface area contributed by atoms with E-state index in [1.807, 2.05) is 11.6 Å². The van der Waals surface area contributed by atoms with Crippen molar-refractivity contribution in [3.63, 3.8) is 0 Å². The Morgan fingerprint density at radius 2 is 2.31 bits per heavy atom. The molecule has 2 aromatic heterocycles. The highest BCUT2D eigenvalue weighted by Crippen LogP contribution is 2.12. The fraction of sp³-hybridized carbons (Fsp3) is 0.286. The van der Waals surface area contributed by atoms with Crippen LogP contribution in [0.1, 0.15) is 0 Å². The normalized spacial score (nSPS) is 10.8. The highest BCUT2D eigenvalue weighted by molar-refractivity contribution is 5.80. The van der Waals surface area contributed by atoms with Crippen LogP contribution in [0.4, 0.5) is 5.82 Å². The van der Waals surface area contributed by atoms with Crippen LogP contribution in [-0.4, -0.2) is 26.6 Å². The highest BCUT2D eigenvalue weighted by Gasteiger charge is 2.05. The van der Waals surface area contributed by atoms with Gasteiger partial charge in [-0.2, -0.15) is 0 Å². The molecule has 0 radical (unpaired) electrons. The first-order valence-electron chi connectivity index (χ1n) is 3.89. The Balaban J connectivity index is 2.61. The van der Waals surface area contributed by atoms with E-state index in [1.54, 1.807) is 6.33 Å². The van der Waals surface area contributed by atoms with Crippen molar-refractivity contribution >= 4 is 17.0 Å².